The summed E-state index contributed by atoms with van der Waals surface area (Å²) in [5, 5.41) is 0.695. The number of fused-ring (bicyclic) bond motifs is 2. The van der Waals surface area contributed by atoms with Crippen LogP contribution in [0.2, 0.25) is 0 Å². The summed E-state index contributed by atoms with van der Waals surface area (Å²) in [5.41, 5.74) is 3.03. The SMILES string of the molecule is CCN1CCN(Cc2ccc(CC(=O)N3Cc4cc(Oc5ncnc6[nH]c(COC)cc56)cnc4C(C)C3)cc2C(F)(F)F)CC1. The summed E-state index contributed by atoms with van der Waals surface area (Å²) >= 11 is 0. The number of likely N-dealkylation sites (N-methyl/N-ethyl adjacent to an activating group) is 1. The van der Waals surface area contributed by atoms with Gasteiger partial charge in [-0.1, -0.05) is 26.0 Å². The number of ether oxygens (including phenoxy) is 2. The number of methoxy groups -OCH3 is 1. The summed E-state index contributed by atoms with van der Waals surface area (Å²) in [5.74, 6) is 0.511. The van der Waals surface area contributed by atoms with E-state index in [2.05, 4.69) is 36.7 Å². The van der Waals surface area contributed by atoms with Crippen molar-refractivity contribution < 1.29 is 27.4 Å². The molecule has 10 nitrogen and oxygen atoms in total. The second-order valence-electron chi connectivity index (χ2n) is 12.0. The molecule has 1 unspecified atom stereocenters. The van der Waals surface area contributed by atoms with Crippen LogP contribution in [0.4, 0.5) is 13.2 Å². The first-order chi connectivity index (χ1) is 22.1. The number of aromatic amines is 1. The topological polar surface area (TPSA) is 99.7 Å². The monoisotopic (exact) mass is 637 g/mol. The highest BCUT2D eigenvalue weighted by molar-refractivity contribution is 5.82. The molecule has 0 radical (unpaired) electrons. The maximum absolute atomic E-state index is 14.2. The number of H-pyrrole nitrogens is 1. The molecule has 5 heterocycles. The van der Waals surface area contributed by atoms with Crippen molar-refractivity contribution in [3.8, 4) is 11.6 Å². The average molecular weight is 638 g/mol. The minimum atomic E-state index is -4.51. The molecule has 1 amide bonds. The van der Waals surface area contributed by atoms with Crippen LogP contribution in [0.5, 0.6) is 11.6 Å². The Morgan fingerprint density at radius 3 is 2.59 bits per heavy atom. The van der Waals surface area contributed by atoms with Crippen molar-refractivity contribution in [2.45, 2.75) is 52.1 Å². The third-order valence-corrected chi connectivity index (χ3v) is 8.75. The Morgan fingerprint density at radius 1 is 1.07 bits per heavy atom. The summed E-state index contributed by atoms with van der Waals surface area (Å²) in [6, 6.07) is 8.04. The molecule has 0 saturated carbocycles. The lowest BCUT2D eigenvalue weighted by Crippen LogP contribution is -2.45. The van der Waals surface area contributed by atoms with E-state index in [9.17, 15) is 18.0 Å². The number of hydrogen-bond donors (Lipinski definition) is 1. The van der Waals surface area contributed by atoms with Crippen LogP contribution >= 0.6 is 0 Å². The van der Waals surface area contributed by atoms with Crippen molar-refractivity contribution in [2.75, 3.05) is 46.4 Å². The number of halogens is 3. The molecule has 1 fully saturated rings. The minimum absolute atomic E-state index is 0.0601. The number of carbonyl (C=O) groups excluding carboxylic acids is 1. The molecule has 1 aromatic carbocycles. The van der Waals surface area contributed by atoms with Gasteiger partial charge in [-0.2, -0.15) is 13.2 Å². The average Bonchev–Trinajstić information content (AvgIpc) is 3.45. The molecule has 13 heteroatoms. The molecule has 2 aliphatic heterocycles. The fourth-order valence-electron chi connectivity index (χ4n) is 6.33. The molecule has 6 rings (SSSR count). The molecule has 1 saturated heterocycles. The number of alkyl halides is 3. The number of nitrogens with zero attached hydrogens (tertiary/aromatic N) is 6. The van der Waals surface area contributed by atoms with E-state index in [-0.39, 0.29) is 36.9 Å². The summed E-state index contributed by atoms with van der Waals surface area (Å²) in [6.45, 7) is 9.47. The van der Waals surface area contributed by atoms with Crippen LogP contribution in [-0.2, 0) is 41.8 Å². The molecule has 0 spiro atoms. The lowest BCUT2D eigenvalue weighted by Gasteiger charge is -2.34. The Kier molecular flexibility index (Phi) is 9.25. The predicted octanol–water partition coefficient (Wildman–Crippen LogP) is 5.14. The van der Waals surface area contributed by atoms with Crippen molar-refractivity contribution in [1.82, 2.24) is 34.6 Å². The first-order valence-electron chi connectivity index (χ1n) is 15.5. The van der Waals surface area contributed by atoms with Gasteiger partial charge in [0.15, 0.2) is 0 Å². The van der Waals surface area contributed by atoms with E-state index < -0.39 is 11.7 Å². The molecule has 244 valence electrons. The number of pyridine rings is 1. The van der Waals surface area contributed by atoms with Gasteiger partial charge in [0.05, 0.1) is 35.9 Å². The zero-order valence-corrected chi connectivity index (χ0v) is 26.2. The molecule has 3 aromatic heterocycles. The van der Waals surface area contributed by atoms with Gasteiger partial charge < -0.3 is 24.3 Å². The number of piperazine rings is 1. The lowest BCUT2D eigenvalue weighted by molar-refractivity contribution is -0.138. The van der Waals surface area contributed by atoms with E-state index in [4.69, 9.17) is 9.47 Å². The second-order valence-corrected chi connectivity index (χ2v) is 12.0. The van der Waals surface area contributed by atoms with Crippen LogP contribution in [0.15, 0.2) is 42.9 Å². The number of hydrogen-bond acceptors (Lipinski definition) is 8. The van der Waals surface area contributed by atoms with E-state index in [0.29, 0.717) is 41.4 Å². The molecular weight excluding hydrogens is 599 g/mol. The Labute approximate surface area is 265 Å². The molecule has 1 atom stereocenters. The minimum Gasteiger partial charge on any atom is -0.437 e. The van der Waals surface area contributed by atoms with Gasteiger partial charge in [-0.15, -0.1) is 0 Å². The molecule has 1 N–H and O–H groups in total. The summed E-state index contributed by atoms with van der Waals surface area (Å²) in [6.07, 6.45) is -1.60. The summed E-state index contributed by atoms with van der Waals surface area (Å²) in [7, 11) is 1.61. The van der Waals surface area contributed by atoms with Crippen LogP contribution in [-0.4, -0.2) is 86.9 Å². The number of aromatic nitrogens is 4. The first kappa shape index (κ1) is 31.9. The quantitative estimate of drug-likeness (QED) is 0.270. The van der Waals surface area contributed by atoms with E-state index in [0.717, 1.165) is 55.7 Å². The third-order valence-electron chi connectivity index (χ3n) is 8.75. The predicted molar refractivity (Wildman–Crippen MR) is 165 cm³/mol. The van der Waals surface area contributed by atoms with Crippen LogP contribution in [0.25, 0.3) is 11.0 Å². The number of rotatable bonds is 9. The Balaban J connectivity index is 1.16. The molecule has 2 aliphatic rings. The van der Waals surface area contributed by atoms with Gasteiger partial charge in [-0.05, 0) is 41.4 Å². The van der Waals surface area contributed by atoms with Gasteiger partial charge >= 0.3 is 6.18 Å². The molecular formula is C33H38F3N7O3. The smallest absolute Gasteiger partial charge is 0.416 e. The van der Waals surface area contributed by atoms with Crippen molar-refractivity contribution in [3.63, 3.8) is 0 Å². The summed E-state index contributed by atoms with van der Waals surface area (Å²) in [4.78, 5) is 35.8. The van der Waals surface area contributed by atoms with E-state index in [1.54, 1.807) is 24.3 Å². The highest BCUT2D eigenvalue weighted by atomic mass is 19.4. The third kappa shape index (κ3) is 7.01. The molecule has 0 aliphatic carbocycles. The standard InChI is InChI=1S/C33H38F3N7O3/c1-4-41-7-9-42(10-8-41)17-23-6-5-22(11-28(23)33(34,35)36)12-29(44)43-16-21(2)30-24(18-43)13-26(15-37-30)46-32-27-14-25(19-45-3)40-31(27)38-20-39-32/h5-6,11,13-15,20-21H,4,7-10,12,16-19H2,1-3H3,(H,38,39,40). The Hall–Kier alpha value is -4.07. The van der Waals surface area contributed by atoms with Crippen molar-refractivity contribution >= 4 is 16.9 Å². The largest absolute Gasteiger partial charge is 0.437 e. The maximum Gasteiger partial charge on any atom is 0.416 e. The van der Waals surface area contributed by atoms with Gasteiger partial charge in [0.2, 0.25) is 11.8 Å². The molecule has 4 aromatic rings. The maximum atomic E-state index is 14.2. The van der Waals surface area contributed by atoms with Crippen molar-refractivity contribution in [3.05, 3.63) is 76.5 Å². The summed E-state index contributed by atoms with van der Waals surface area (Å²) < 4.78 is 53.8. The highest BCUT2D eigenvalue weighted by Crippen LogP contribution is 2.35. The van der Waals surface area contributed by atoms with Gasteiger partial charge in [-0.25, -0.2) is 9.97 Å². The zero-order chi connectivity index (χ0) is 32.4. The van der Waals surface area contributed by atoms with E-state index >= 15 is 0 Å². The van der Waals surface area contributed by atoms with Crippen LogP contribution < -0.4 is 4.74 Å². The number of benzene rings is 1. The fourth-order valence-corrected chi connectivity index (χ4v) is 6.33. The van der Waals surface area contributed by atoms with Crippen molar-refractivity contribution in [1.29, 1.82) is 0 Å². The fraction of sp³-hybridized carbons (Fsp3) is 0.455. The lowest BCUT2D eigenvalue weighted by atomic mass is 9.95. The van der Waals surface area contributed by atoms with Gasteiger partial charge in [-0.3, -0.25) is 14.7 Å². The highest BCUT2D eigenvalue weighted by Gasteiger charge is 2.35. The van der Waals surface area contributed by atoms with E-state index in [1.165, 1.54) is 12.4 Å². The van der Waals surface area contributed by atoms with Crippen LogP contribution in [0.3, 0.4) is 0 Å². The Morgan fingerprint density at radius 2 is 1.85 bits per heavy atom. The van der Waals surface area contributed by atoms with Gasteiger partial charge in [0, 0.05) is 64.5 Å². The normalized spacial score (nSPS) is 17.8. The van der Waals surface area contributed by atoms with Crippen LogP contribution in [0.1, 0.15) is 53.4 Å². The van der Waals surface area contributed by atoms with Gasteiger partial charge in [0.1, 0.15) is 17.7 Å². The van der Waals surface area contributed by atoms with Gasteiger partial charge in [0.25, 0.3) is 0 Å². The number of amides is 1. The Bertz CT molecular complexity index is 1700. The van der Waals surface area contributed by atoms with Crippen LogP contribution in [0, 0.1) is 0 Å². The molecule has 46 heavy (non-hydrogen) atoms. The number of carbonyl (C=O) groups is 1. The zero-order valence-electron chi connectivity index (χ0n) is 26.2. The van der Waals surface area contributed by atoms with Crippen molar-refractivity contribution in [2.24, 2.45) is 0 Å². The van der Waals surface area contributed by atoms with E-state index in [1.807, 2.05) is 19.1 Å². The first-order valence-corrected chi connectivity index (χ1v) is 15.5. The number of nitrogens with one attached hydrogen (secondary N) is 1. The second kappa shape index (κ2) is 13.3. The molecule has 0 bridgehead atoms.